The Balaban J connectivity index is 0.995. The lowest BCUT2D eigenvalue weighted by Gasteiger charge is -2.25. The molecule has 0 bridgehead atoms. The first-order valence-corrected chi connectivity index (χ1v) is 25.7. The van der Waals surface area contributed by atoms with Gasteiger partial charge in [0.05, 0.1) is 0 Å². The van der Waals surface area contributed by atoms with Crippen molar-refractivity contribution in [1.29, 1.82) is 0 Å². The van der Waals surface area contributed by atoms with Crippen LogP contribution in [0.1, 0.15) is 103 Å². The fourth-order valence-electron chi connectivity index (χ4n) is 12.9. The molecular weight excluding hydrogens is 873 g/mol. The highest BCUT2D eigenvalue weighted by atomic mass is 16.3. The van der Waals surface area contributed by atoms with E-state index in [2.05, 4.69) is 215 Å². The summed E-state index contributed by atoms with van der Waals surface area (Å²) in [6.45, 7) is 22.9. The van der Waals surface area contributed by atoms with Crippen molar-refractivity contribution in [3.8, 4) is 78.3 Å². The minimum Gasteiger partial charge on any atom is -0.508 e. The van der Waals surface area contributed by atoms with Gasteiger partial charge in [0.1, 0.15) is 11.5 Å². The van der Waals surface area contributed by atoms with Gasteiger partial charge in [-0.2, -0.15) is 0 Å². The molecule has 2 aliphatic rings. The Morgan fingerprint density at radius 2 is 0.611 bits per heavy atom. The molecule has 72 heavy (non-hydrogen) atoms. The van der Waals surface area contributed by atoms with Crippen molar-refractivity contribution in [2.45, 2.75) is 90.9 Å². The predicted octanol–water partition coefficient (Wildman–Crippen LogP) is 19.0. The Labute approximate surface area is 423 Å². The van der Waals surface area contributed by atoms with Gasteiger partial charge >= 0.3 is 0 Å². The first-order chi connectivity index (χ1) is 34.3. The molecule has 0 saturated carbocycles. The molecule has 0 radical (unpaired) electrons. The molecule has 0 heterocycles. The van der Waals surface area contributed by atoms with Crippen molar-refractivity contribution in [3.63, 3.8) is 0 Å². The molecule has 2 aliphatic carbocycles. The highest BCUT2D eigenvalue weighted by Crippen LogP contribution is 2.54. The standard InChI is InChI=1S/C70H60O2/c1-67(2,3)41-19-25-47(59(35-41)39-17-23-49-51-27-21-43(71)37-63(51)69(7,8)61(49)33-39)45-29-31-57-56-16-12-14-54-46(30-32-58(66(54)56)55-15-11-13-53(45)65(55)57)48-26-20-42(68(4,5)6)36-60(48)40-18-24-50-52-28-22-44(72)38-64(52)70(9,10)62(50)34-40/h11-38,71-72H,1-10H3. The van der Waals surface area contributed by atoms with Crippen molar-refractivity contribution in [2.24, 2.45) is 0 Å². The van der Waals surface area contributed by atoms with Crippen LogP contribution in [0.3, 0.4) is 0 Å². The zero-order valence-corrected chi connectivity index (χ0v) is 43.1. The molecule has 2 nitrogen and oxygen atoms in total. The third kappa shape index (κ3) is 6.34. The van der Waals surface area contributed by atoms with E-state index >= 15 is 0 Å². The van der Waals surface area contributed by atoms with E-state index < -0.39 is 0 Å². The van der Waals surface area contributed by atoms with Gasteiger partial charge in [0, 0.05) is 10.8 Å². The molecule has 352 valence electrons. The van der Waals surface area contributed by atoms with E-state index in [0.29, 0.717) is 11.5 Å². The monoisotopic (exact) mass is 932 g/mol. The maximum atomic E-state index is 10.6. The lowest BCUT2D eigenvalue weighted by Crippen LogP contribution is -2.15. The average molecular weight is 933 g/mol. The maximum Gasteiger partial charge on any atom is 0.115 e. The Bertz CT molecular complexity index is 3840. The predicted molar refractivity (Wildman–Crippen MR) is 305 cm³/mol. The van der Waals surface area contributed by atoms with Crippen LogP contribution >= 0.6 is 0 Å². The molecule has 13 rings (SSSR count). The molecule has 0 spiro atoms. The van der Waals surface area contributed by atoms with Crippen LogP contribution in [0.15, 0.2) is 170 Å². The van der Waals surface area contributed by atoms with Crippen molar-refractivity contribution in [1.82, 2.24) is 0 Å². The van der Waals surface area contributed by atoms with Gasteiger partial charge in [0.2, 0.25) is 0 Å². The van der Waals surface area contributed by atoms with Crippen LogP contribution in [-0.2, 0) is 21.7 Å². The highest BCUT2D eigenvalue weighted by molar-refractivity contribution is 6.35. The third-order valence-corrected chi connectivity index (χ3v) is 17.0. The topological polar surface area (TPSA) is 40.5 Å². The van der Waals surface area contributed by atoms with E-state index in [1.807, 2.05) is 24.3 Å². The number of phenols is 2. The SMILES string of the molecule is CC(C)(C)c1ccc(-c2ccc3c4cccc5c(-c6ccc(C(C)(C)C)cc6-c6ccc7c(c6)C(C)(C)c6cc(O)ccc6-7)ccc(c6cccc2c63)c54)c(-c2ccc3c(c2)C(C)(C)c2cc(O)ccc2-3)c1. The van der Waals surface area contributed by atoms with Crippen LogP contribution in [0, 0.1) is 0 Å². The normalized spacial score (nSPS) is 14.6. The summed E-state index contributed by atoms with van der Waals surface area (Å²) in [6.07, 6.45) is 0. The zero-order valence-electron chi connectivity index (χ0n) is 43.1. The summed E-state index contributed by atoms with van der Waals surface area (Å²) in [6, 6.07) is 63.3. The lowest BCUT2D eigenvalue weighted by atomic mass is 9.79. The van der Waals surface area contributed by atoms with Crippen molar-refractivity contribution < 1.29 is 10.2 Å². The molecule has 0 aromatic heterocycles. The lowest BCUT2D eigenvalue weighted by molar-refractivity contribution is 0.472. The second kappa shape index (κ2) is 14.9. The number of fused-ring (bicyclic) bond motifs is 8. The van der Waals surface area contributed by atoms with Gasteiger partial charge in [-0.1, -0.05) is 203 Å². The summed E-state index contributed by atoms with van der Waals surface area (Å²) in [4.78, 5) is 0. The second-order valence-electron chi connectivity index (χ2n) is 24.0. The maximum absolute atomic E-state index is 10.6. The smallest absolute Gasteiger partial charge is 0.115 e. The van der Waals surface area contributed by atoms with Gasteiger partial charge in [-0.05, 0) is 190 Å². The fraction of sp³-hybridized carbons (Fsp3) is 0.200. The van der Waals surface area contributed by atoms with E-state index in [1.54, 1.807) is 0 Å². The van der Waals surface area contributed by atoms with E-state index in [9.17, 15) is 10.2 Å². The summed E-state index contributed by atoms with van der Waals surface area (Å²) in [5.74, 6) is 0.617. The minimum atomic E-state index is -0.258. The molecule has 0 saturated heterocycles. The summed E-state index contributed by atoms with van der Waals surface area (Å²) in [5.41, 5.74) is 21.6. The van der Waals surface area contributed by atoms with Crippen molar-refractivity contribution in [2.75, 3.05) is 0 Å². The van der Waals surface area contributed by atoms with E-state index in [1.165, 1.54) is 143 Å². The molecule has 0 aliphatic heterocycles. The van der Waals surface area contributed by atoms with Gasteiger partial charge in [-0.25, -0.2) is 0 Å². The van der Waals surface area contributed by atoms with Crippen molar-refractivity contribution in [3.05, 3.63) is 203 Å². The van der Waals surface area contributed by atoms with Crippen molar-refractivity contribution >= 4 is 43.1 Å². The fourth-order valence-corrected chi connectivity index (χ4v) is 12.9. The summed E-state index contributed by atoms with van der Waals surface area (Å²) < 4.78 is 0. The van der Waals surface area contributed by atoms with E-state index in [-0.39, 0.29) is 21.7 Å². The number of rotatable bonds is 4. The first kappa shape index (κ1) is 44.3. The molecule has 11 aromatic rings. The molecule has 11 aromatic carbocycles. The van der Waals surface area contributed by atoms with Gasteiger partial charge in [0.25, 0.3) is 0 Å². The highest BCUT2D eigenvalue weighted by Gasteiger charge is 2.38. The Hall–Kier alpha value is -7.68. The van der Waals surface area contributed by atoms with Gasteiger partial charge in [0.15, 0.2) is 0 Å². The van der Waals surface area contributed by atoms with E-state index in [0.717, 1.165) is 0 Å². The quantitative estimate of drug-likeness (QED) is 0.136. The second-order valence-corrected chi connectivity index (χ2v) is 24.0. The number of hydrogen-bond donors (Lipinski definition) is 2. The largest absolute Gasteiger partial charge is 0.508 e. The molecule has 0 fully saturated rings. The summed E-state index contributed by atoms with van der Waals surface area (Å²) in [7, 11) is 0. The number of aromatic hydroxyl groups is 2. The summed E-state index contributed by atoms with van der Waals surface area (Å²) in [5, 5.41) is 31.3. The molecule has 0 atom stereocenters. The van der Waals surface area contributed by atoms with Crippen LogP contribution in [0.5, 0.6) is 11.5 Å². The van der Waals surface area contributed by atoms with Gasteiger partial charge < -0.3 is 10.2 Å². The molecule has 0 unspecified atom stereocenters. The minimum absolute atomic E-state index is 0.0378. The molecule has 2 heteroatoms. The number of hydrogen-bond acceptors (Lipinski definition) is 2. The van der Waals surface area contributed by atoms with Crippen LogP contribution in [0.2, 0.25) is 0 Å². The average Bonchev–Trinajstić information content (AvgIpc) is 3.71. The first-order valence-electron chi connectivity index (χ1n) is 25.7. The van der Waals surface area contributed by atoms with Crippen LogP contribution in [-0.4, -0.2) is 10.2 Å². The Morgan fingerprint density at radius 3 is 1.00 bits per heavy atom. The molecular formula is C70H60O2. The number of phenolic OH excluding ortho intramolecular Hbond substituents is 2. The van der Waals surface area contributed by atoms with Gasteiger partial charge in [-0.15, -0.1) is 0 Å². The Kier molecular flexibility index (Phi) is 9.18. The Morgan fingerprint density at radius 1 is 0.292 bits per heavy atom. The third-order valence-electron chi connectivity index (χ3n) is 17.0. The van der Waals surface area contributed by atoms with Crippen LogP contribution in [0.4, 0.5) is 0 Å². The van der Waals surface area contributed by atoms with Gasteiger partial charge in [-0.3, -0.25) is 0 Å². The molecule has 0 amide bonds. The van der Waals surface area contributed by atoms with Crippen LogP contribution in [0.25, 0.3) is 110 Å². The summed E-state index contributed by atoms with van der Waals surface area (Å²) >= 11 is 0. The van der Waals surface area contributed by atoms with Crippen LogP contribution < -0.4 is 0 Å². The molecule has 2 N–H and O–H groups in total. The number of benzene rings is 11. The van der Waals surface area contributed by atoms with E-state index in [4.69, 9.17) is 0 Å². The zero-order chi connectivity index (χ0) is 50.0.